The smallest absolute Gasteiger partial charge is 0.407 e. The molecule has 3 saturated carbocycles. The summed E-state index contributed by atoms with van der Waals surface area (Å²) in [6, 6.07) is 0. The molecule has 1 N–H and O–H groups in total. The van der Waals surface area contributed by atoms with Gasteiger partial charge in [0.1, 0.15) is 6.10 Å². The maximum absolute atomic E-state index is 12.4. The van der Waals surface area contributed by atoms with Crippen LogP contribution in [-0.4, -0.2) is 18.7 Å². The highest BCUT2D eigenvalue weighted by molar-refractivity contribution is 5.67. The molecule has 0 aromatic carbocycles. The van der Waals surface area contributed by atoms with Gasteiger partial charge in [0.15, 0.2) is 0 Å². The number of ether oxygens (including phenoxy) is 1. The fourth-order valence-electron chi connectivity index (χ4n) is 9.69. The molecule has 4 aliphatic carbocycles. The summed E-state index contributed by atoms with van der Waals surface area (Å²) in [5.41, 5.74) is 2.48. The number of nitrogens with one attached hydrogen (secondary N) is 1. The van der Waals surface area contributed by atoms with Gasteiger partial charge >= 0.3 is 6.09 Å². The molecule has 4 rings (SSSR count). The molecule has 0 heterocycles. The average molecular weight is 514 g/mol. The Morgan fingerprint density at radius 3 is 2.57 bits per heavy atom. The largest absolute Gasteiger partial charge is 0.446 e. The van der Waals surface area contributed by atoms with Gasteiger partial charge in [0.2, 0.25) is 0 Å². The molecule has 0 aliphatic heterocycles. The van der Waals surface area contributed by atoms with E-state index >= 15 is 0 Å². The second-order valence-electron chi connectivity index (χ2n) is 14.5. The van der Waals surface area contributed by atoms with E-state index in [2.05, 4.69) is 52.9 Å². The second kappa shape index (κ2) is 12.5. The fraction of sp³-hybridized carbons (Fsp3) is 0.912. The Bertz CT molecular complexity index is 789. The Morgan fingerprint density at radius 1 is 1.00 bits per heavy atom. The number of fused-ring (bicyclic) bond motifs is 5. The van der Waals surface area contributed by atoms with Crippen LogP contribution in [0.25, 0.3) is 0 Å². The maximum Gasteiger partial charge on any atom is 0.407 e. The first-order chi connectivity index (χ1) is 17.7. The van der Waals surface area contributed by atoms with Gasteiger partial charge < -0.3 is 10.1 Å². The van der Waals surface area contributed by atoms with Gasteiger partial charge in [-0.05, 0) is 97.7 Å². The van der Waals surface area contributed by atoms with Crippen LogP contribution >= 0.6 is 0 Å². The summed E-state index contributed by atoms with van der Waals surface area (Å²) in [6.45, 7) is 15.5. The van der Waals surface area contributed by atoms with Gasteiger partial charge in [-0.2, -0.15) is 0 Å². The number of rotatable bonds is 11. The standard InChI is InChI=1S/C34H59NO2/c1-7-8-9-10-22-35-32(36)37-27-18-20-33(5)26(23-27)14-15-28-30-17-16-29(25(4)13-11-12-24(2)3)34(30,6)21-19-31(28)33/h14,24-25,27-31H,7-13,15-23H2,1-6H3,(H,35,36)/t25-,27-,28+,29-,30+,31+,33-,34-/m0/s1. The highest BCUT2D eigenvalue weighted by atomic mass is 16.6. The van der Waals surface area contributed by atoms with Gasteiger partial charge in [0.25, 0.3) is 0 Å². The van der Waals surface area contributed by atoms with Crippen LogP contribution in [0.15, 0.2) is 11.6 Å². The van der Waals surface area contributed by atoms with Crippen LogP contribution in [0.5, 0.6) is 0 Å². The maximum atomic E-state index is 12.4. The number of hydrogen-bond acceptors (Lipinski definition) is 2. The molecule has 3 heteroatoms. The van der Waals surface area contributed by atoms with Gasteiger partial charge in [-0.3, -0.25) is 0 Å². The molecule has 37 heavy (non-hydrogen) atoms. The van der Waals surface area contributed by atoms with Crippen molar-refractivity contribution in [2.75, 3.05) is 6.54 Å². The first-order valence-electron chi connectivity index (χ1n) is 16.3. The van der Waals surface area contributed by atoms with E-state index in [0.29, 0.717) is 10.8 Å². The molecule has 3 fully saturated rings. The fourth-order valence-corrected chi connectivity index (χ4v) is 9.69. The van der Waals surface area contributed by atoms with Crippen LogP contribution in [0.2, 0.25) is 0 Å². The summed E-state index contributed by atoms with van der Waals surface area (Å²) in [5.74, 6) is 5.24. The van der Waals surface area contributed by atoms with E-state index < -0.39 is 0 Å². The van der Waals surface area contributed by atoms with Gasteiger partial charge in [-0.15, -0.1) is 0 Å². The van der Waals surface area contributed by atoms with E-state index in [1.807, 2.05) is 0 Å². The molecule has 0 spiro atoms. The normalized spacial score (nSPS) is 37.8. The van der Waals surface area contributed by atoms with Crippen molar-refractivity contribution in [2.45, 2.75) is 144 Å². The van der Waals surface area contributed by atoms with E-state index in [1.165, 1.54) is 77.0 Å². The van der Waals surface area contributed by atoms with Crippen molar-refractivity contribution >= 4 is 6.09 Å². The molecule has 0 aromatic rings. The van der Waals surface area contributed by atoms with Crippen LogP contribution in [0.4, 0.5) is 4.79 Å². The van der Waals surface area contributed by atoms with Gasteiger partial charge in [0, 0.05) is 13.0 Å². The van der Waals surface area contributed by atoms with E-state index in [9.17, 15) is 4.79 Å². The molecule has 0 saturated heterocycles. The topological polar surface area (TPSA) is 38.3 Å². The van der Waals surface area contributed by atoms with Gasteiger partial charge in [0.05, 0.1) is 0 Å². The van der Waals surface area contributed by atoms with Crippen LogP contribution in [0, 0.1) is 46.3 Å². The van der Waals surface area contributed by atoms with Crippen LogP contribution in [0.3, 0.4) is 0 Å². The Morgan fingerprint density at radius 2 is 1.81 bits per heavy atom. The molecule has 0 bridgehead atoms. The summed E-state index contributed by atoms with van der Waals surface area (Å²) in [6.07, 6.45) is 21.6. The lowest BCUT2D eigenvalue weighted by atomic mass is 9.47. The highest BCUT2D eigenvalue weighted by Gasteiger charge is 2.59. The van der Waals surface area contributed by atoms with E-state index in [-0.39, 0.29) is 12.2 Å². The summed E-state index contributed by atoms with van der Waals surface area (Å²) < 4.78 is 5.91. The molecule has 4 aliphatic rings. The molecule has 0 unspecified atom stereocenters. The summed E-state index contributed by atoms with van der Waals surface area (Å²) in [5, 5.41) is 3.00. The SMILES string of the molecule is CCCCCCNC(=O)O[C@H]1CC[C@@]2(C)C(=CC[C@@H]3[C@H]4CC[C@@H]([C@@H](C)CCCC(C)C)[C@]4(C)CC[C@H]32)C1. The molecule has 1 amide bonds. The average Bonchev–Trinajstić information content (AvgIpc) is 3.21. The lowest BCUT2D eigenvalue weighted by Gasteiger charge is -2.58. The third-order valence-corrected chi connectivity index (χ3v) is 11.8. The molecule has 0 radical (unpaired) electrons. The van der Waals surface area contributed by atoms with Gasteiger partial charge in [-0.25, -0.2) is 4.79 Å². The second-order valence-corrected chi connectivity index (χ2v) is 14.5. The summed E-state index contributed by atoms with van der Waals surface area (Å²) >= 11 is 0. The Kier molecular flexibility index (Phi) is 9.77. The van der Waals surface area contributed by atoms with Crippen LogP contribution < -0.4 is 5.32 Å². The number of hydrogen-bond donors (Lipinski definition) is 1. The molecular weight excluding hydrogens is 454 g/mol. The lowest BCUT2D eigenvalue weighted by Crippen LogP contribution is -2.51. The minimum atomic E-state index is -0.202. The van der Waals surface area contributed by atoms with Crippen molar-refractivity contribution in [3.05, 3.63) is 11.6 Å². The predicted octanol–water partition coefficient (Wildman–Crippen LogP) is 9.70. The molecule has 8 atom stereocenters. The zero-order valence-corrected chi connectivity index (χ0v) is 25.2. The summed E-state index contributed by atoms with van der Waals surface area (Å²) in [7, 11) is 0. The van der Waals surface area contributed by atoms with Crippen LogP contribution in [0.1, 0.15) is 138 Å². The third kappa shape index (κ3) is 6.27. The Labute approximate surface area is 229 Å². The number of carbonyl (C=O) groups is 1. The number of unbranched alkanes of at least 4 members (excludes halogenated alkanes) is 3. The molecule has 0 aromatic heterocycles. The Balaban J connectivity index is 1.34. The first kappa shape index (κ1) is 29.0. The van der Waals surface area contributed by atoms with Crippen molar-refractivity contribution in [2.24, 2.45) is 46.3 Å². The van der Waals surface area contributed by atoms with Crippen molar-refractivity contribution < 1.29 is 9.53 Å². The molecule has 212 valence electrons. The number of allylic oxidation sites excluding steroid dienone is 1. The first-order valence-corrected chi connectivity index (χ1v) is 16.3. The van der Waals surface area contributed by atoms with E-state index in [0.717, 1.165) is 61.3 Å². The van der Waals surface area contributed by atoms with Crippen LogP contribution in [-0.2, 0) is 4.74 Å². The number of alkyl carbamates (subject to hydrolysis) is 1. The summed E-state index contributed by atoms with van der Waals surface area (Å²) in [4.78, 5) is 12.4. The number of carbonyl (C=O) groups excluding carboxylic acids is 1. The number of amides is 1. The Hall–Kier alpha value is -0.990. The van der Waals surface area contributed by atoms with Crippen molar-refractivity contribution in [3.63, 3.8) is 0 Å². The minimum Gasteiger partial charge on any atom is -0.446 e. The highest BCUT2D eigenvalue weighted by Crippen LogP contribution is 2.67. The zero-order chi connectivity index (χ0) is 26.6. The van der Waals surface area contributed by atoms with Crippen molar-refractivity contribution in [3.8, 4) is 0 Å². The van der Waals surface area contributed by atoms with E-state index in [1.54, 1.807) is 5.57 Å². The molecular formula is C34H59NO2. The van der Waals surface area contributed by atoms with Gasteiger partial charge in [-0.1, -0.05) is 91.7 Å². The quantitative estimate of drug-likeness (QED) is 0.220. The third-order valence-electron chi connectivity index (χ3n) is 11.8. The van der Waals surface area contributed by atoms with Crippen molar-refractivity contribution in [1.82, 2.24) is 5.32 Å². The minimum absolute atomic E-state index is 0.0583. The molecule has 3 nitrogen and oxygen atoms in total. The predicted molar refractivity (Wildman–Crippen MR) is 155 cm³/mol. The lowest BCUT2D eigenvalue weighted by molar-refractivity contribution is -0.0581. The zero-order valence-electron chi connectivity index (χ0n) is 25.2. The van der Waals surface area contributed by atoms with E-state index in [4.69, 9.17) is 4.74 Å². The monoisotopic (exact) mass is 513 g/mol. The van der Waals surface area contributed by atoms with Crippen molar-refractivity contribution in [1.29, 1.82) is 0 Å².